The lowest BCUT2D eigenvalue weighted by atomic mass is 9.86. The fourth-order valence-electron chi connectivity index (χ4n) is 2.78. The summed E-state index contributed by atoms with van der Waals surface area (Å²) in [5.74, 6) is -0.359. The summed E-state index contributed by atoms with van der Waals surface area (Å²) in [7, 11) is 0. The molecule has 1 aliphatic rings. The van der Waals surface area contributed by atoms with Gasteiger partial charge < -0.3 is 20.5 Å². The molecule has 1 unspecified atom stereocenters. The molecular formula is C19H23FN2O3. The van der Waals surface area contributed by atoms with E-state index in [9.17, 15) is 14.3 Å². The smallest absolute Gasteiger partial charge is 0.267 e. The quantitative estimate of drug-likeness (QED) is 0.772. The molecule has 1 amide bonds. The molecule has 5 nitrogen and oxygen atoms in total. The van der Waals surface area contributed by atoms with E-state index < -0.39 is 11.9 Å². The average Bonchev–Trinajstić information content (AvgIpc) is 2.53. The SMILES string of the molecule is CC(C)(C)c1ccc(NC(=O)C2CNc3c(F)cccc3O2)cc1O.[HH]. The number of benzene rings is 2. The third-order valence-electron chi connectivity index (χ3n) is 4.07. The summed E-state index contributed by atoms with van der Waals surface area (Å²) in [6, 6.07) is 9.50. The van der Waals surface area contributed by atoms with Crippen LogP contribution in [0, 0.1) is 5.82 Å². The van der Waals surface area contributed by atoms with Crippen LogP contribution in [0.4, 0.5) is 15.8 Å². The Labute approximate surface area is 147 Å². The Morgan fingerprint density at radius 2 is 2.12 bits per heavy atom. The predicted octanol–water partition coefficient (Wildman–Crippen LogP) is 3.89. The van der Waals surface area contributed by atoms with Gasteiger partial charge in [-0.05, 0) is 29.2 Å². The van der Waals surface area contributed by atoms with Gasteiger partial charge in [0.2, 0.25) is 0 Å². The molecule has 0 spiro atoms. The van der Waals surface area contributed by atoms with E-state index in [0.717, 1.165) is 5.56 Å². The maximum Gasteiger partial charge on any atom is 0.267 e. The normalized spacial score (nSPS) is 16.4. The Bertz CT molecular complexity index is 821. The summed E-state index contributed by atoms with van der Waals surface area (Å²) in [5, 5.41) is 15.8. The van der Waals surface area contributed by atoms with Crippen LogP contribution in [0.15, 0.2) is 36.4 Å². The van der Waals surface area contributed by atoms with E-state index in [-0.39, 0.29) is 30.7 Å². The van der Waals surface area contributed by atoms with Gasteiger partial charge in [-0.2, -0.15) is 0 Å². The van der Waals surface area contributed by atoms with Crippen molar-refractivity contribution in [3.8, 4) is 11.5 Å². The highest BCUT2D eigenvalue weighted by Crippen LogP contribution is 2.33. The molecular weight excluding hydrogens is 323 g/mol. The number of halogens is 1. The van der Waals surface area contributed by atoms with E-state index in [1.54, 1.807) is 18.2 Å². The molecule has 2 aromatic carbocycles. The lowest BCUT2D eigenvalue weighted by molar-refractivity contribution is -0.122. The molecule has 0 aromatic heterocycles. The highest BCUT2D eigenvalue weighted by molar-refractivity contribution is 5.95. The fraction of sp³-hybridized carbons (Fsp3) is 0.316. The molecule has 0 saturated heterocycles. The van der Waals surface area contributed by atoms with Gasteiger partial charge in [-0.25, -0.2) is 4.39 Å². The van der Waals surface area contributed by atoms with Gasteiger partial charge in [0.1, 0.15) is 23.0 Å². The Hall–Kier alpha value is -2.76. The number of phenols is 1. The Morgan fingerprint density at radius 1 is 1.36 bits per heavy atom. The first-order chi connectivity index (χ1) is 11.8. The number of hydrogen-bond donors (Lipinski definition) is 3. The number of nitrogens with one attached hydrogen (secondary N) is 2. The summed E-state index contributed by atoms with van der Waals surface area (Å²) < 4.78 is 19.2. The number of fused-ring (bicyclic) bond motifs is 1. The van der Waals surface area contributed by atoms with Crippen LogP contribution in [0.5, 0.6) is 11.5 Å². The van der Waals surface area contributed by atoms with Crippen LogP contribution in [0.2, 0.25) is 0 Å². The minimum absolute atomic E-state index is 0. The second-order valence-corrected chi connectivity index (χ2v) is 7.07. The van der Waals surface area contributed by atoms with E-state index in [1.165, 1.54) is 18.2 Å². The van der Waals surface area contributed by atoms with E-state index in [1.807, 2.05) is 20.8 Å². The van der Waals surface area contributed by atoms with Crippen LogP contribution < -0.4 is 15.4 Å². The molecule has 25 heavy (non-hydrogen) atoms. The molecule has 3 rings (SSSR count). The number of hydrogen-bond acceptors (Lipinski definition) is 4. The molecule has 1 heterocycles. The van der Waals surface area contributed by atoms with Gasteiger partial charge in [-0.15, -0.1) is 0 Å². The first-order valence-electron chi connectivity index (χ1n) is 8.09. The summed E-state index contributed by atoms with van der Waals surface area (Å²) in [4.78, 5) is 12.4. The number of amides is 1. The molecule has 3 N–H and O–H groups in total. The standard InChI is InChI=1S/C19H21FN2O3.H2/c1-19(2,3)12-8-7-11(9-14(12)23)22-18(24)16-10-21-17-13(20)5-4-6-15(17)25-16;/h4-9,16,21,23H,10H2,1-3H3,(H,22,24);1H. The first-order valence-corrected chi connectivity index (χ1v) is 8.09. The zero-order valence-corrected chi connectivity index (χ0v) is 14.4. The van der Waals surface area contributed by atoms with Gasteiger partial charge in [0, 0.05) is 13.2 Å². The predicted molar refractivity (Wildman–Crippen MR) is 96.9 cm³/mol. The van der Waals surface area contributed by atoms with E-state index in [2.05, 4.69) is 10.6 Å². The van der Waals surface area contributed by atoms with Gasteiger partial charge in [-0.1, -0.05) is 32.9 Å². The number of carbonyl (C=O) groups is 1. The first kappa shape index (κ1) is 17.1. The maximum atomic E-state index is 13.7. The molecule has 1 aliphatic heterocycles. The van der Waals surface area contributed by atoms with Crippen molar-refractivity contribution in [2.24, 2.45) is 0 Å². The van der Waals surface area contributed by atoms with Crippen LogP contribution >= 0.6 is 0 Å². The maximum absolute atomic E-state index is 13.7. The van der Waals surface area contributed by atoms with Crippen molar-refractivity contribution in [1.29, 1.82) is 0 Å². The second-order valence-electron chi connectivity index (χ2n) is 7.07. The zero-order chi connectivity index (χ0) is 18.2. The van der Waals surface area contributed by atoms with Crippen molar-refractivity contribution in [3.05, 3.63) is 47.8 Å². The van der Waals surface area contributed by atoms with Crippen molar-refractivity contribution >= 4 is 17.3 Å². The molecule has 0 aliphatic carbocycles. The highest BCUT2D eigenvalue weighted by atomic mass is 19.1. The number of para-hydroxylation sites is 1. The minimum atomic E-state index is -0.793. The minimum Gasteiger partial charge on any atom is -0.508 e. The van der Waals surface area contributed by atoms with Gasteiger partial charge in [0.15, 0.2) is 6.10 Å². The molecule has 6 heteroatoms. The van der Waals surface area contributed by atoms with Gasteiger partial charge >= 0.3 is 0 Å². The summed E-state index contributed by atoms with van der Waals surface area (Å²) in [5.41, 5.74) is 1.34. The lowest BCUT2D eigenvalue weighted by Gasteiger charge is -2.27. The van der Waals surface area contributed by atoms with Crippen molar-refractivity contribution in [1.82, 2.24) is 0 Å². The van der Waals surface area contributed by atoms with Gasteiger partial charge in [-0.3, -0.25) is 4.79 Å². The number of anilines is 2. The molecule has 0 radical (unpaired) electrons. The Kier molecular flexibility index (Phi) is 4.29. The lowest BCUT2D eigenvalue weighted by Crippen LogP contribution is -2.41. The van der Waals surface area contributed by atoms with E-state index in [0.29, 0.717) is 11.4 Å². The van der Waals surface area contributed by atoms with E-state index >= 15 is 0 Å². The van der Waals surface area contributed by atoms with Crippen molar-refractivity contribution in [2.45, 2.75) is 32.3 Å². The van der Waals surface area contributed by atoms with Crippen LogP contribution in [0.3, 0.4) is 0 Å². The largest absolute Gasteiger partial charge is 0.508 e. The second kappa shape index (κ2) is 6.27. The Morgan fingerprint density at radius 3 is 2.80 bits per heavy atom. The molecule has 0 saturated carbocycles. The molecule has 134 valence electrons. The fourth-order valence-corrected chi connectivity index (χ4v) is 2.78. The van der Waals surface area contributed by atoms with Crippen molar-refractivity contribution in [2.75, 3.05) is 17.2 Å². The molecule has 2 aromatic rings. The monoisotopic (exact) mass is 346 g/mol. The van der Waals surface area contributed by atoms with Crippen LogP contribution in [0.25, 0.3) is 0 Å². The number of carbonyl (C=O) groups excluding carboxylic acids is 1. The van der Waals surface area contributed by atoms with Crippen molar-refractivity contribution < 1.29 is 20.5 Å². The van der Waals surface area contributed by atoms with Crippen LogP contribution in [0.1, 0.15) is 27.8 Å². The van der Waals surface area contributed by atoms with Crippen LogP contribution in [-0.4, -0.2) is 23.7 Å². The molecule has 0 fully saturated rings. The third-order valence-corrected chi connectivity index (χ3v) is 4.07. The van der Waals surface area contributed by atoms with Crippen molar-refractivity contribution in [3.63, 3.8) is 0 Å². The zero-order valence-electron chi connectivity index (χ0n) is 14.4. The third kappa shape index (κ3) is 3.52. The average molecular weight is 346 g/mol. The number of phenolic OH excluding ortho intramolecular Hbond substituents is 1. The van der Waals surface area contributed by atoms with Gasteiger partial charge in [0.25, 0.3) is 5.91 Å². The molecule has 1 atom stereocenters. The number of aromatic hydroxyl groups is 1. The van der Waals surface area contributed by atoms with Crippen LogP contribution in [-0.2, 0) is 10.2 Å². The van der Waals surface area contributed by atoms with Gasteiger partial charge in [0.05, 0.1) is 6.54 Å². The summed E-state index contributed by atoms with van der Waals surface area (Å²) >= 11 is 0. The number of ether oxygens (including phenoxy) is 1. The highest BCUT2D eigenvalue weighted by Gasteiger charge is 2.28. The topological polar surface area (TPSA) is 70.6 Å². The molecule has 0 bridgehead atoms. The Balaban J connectivity index is 0.00000243. The summed E-state index contributed by atoms with van der Waals surface area (Å²) in [6.07, 6.45) is -0.793. The number of rotatable bonds is 2. The van der Waals surface area contributed by atoms with E-state index in [4.69, 9.17) is 4.74 Å². The summed E-state index contributed by atoms with van der Waals surface area (Å²) in [6.45, 7) is 6.15.